The van der Waals surface area contributed by atoms with Gasteiger partial charge in [-0.15, -0.1) is 0 Å². The first-order chi connectivity index (χ1) is 9.96. The normalized spacial score (nSPS) is 11.5. The van der Waals surface area contributed by atoms with Gasteiger partial charge in [-0.3, -0.25) is 9.52 Å². The van der Waals surface area contributed by atoms with Crippen molar-refractivity contribution < 1.29 is 13.2 Å². The minimum Gasteiger partial charge on any atom is -0.289 e. The minimum atomic E-state index is -3.36. The van der Waals surface area contributed by atoms with E-state index in [1.54, 1.807) is 54.6 Å². The number of ketones is 1. The topological polar surface area (TPSA) is 63.2 Å². The molecule has 0 radical (unpaired) electrons. The molecule has 2 aromatic carbocycles. The molecule has 0 aliphatic rings. The summed E-state index contributed by atoms with van der Waals surface area (Å²) in [7, 11) is -3.36. The maximum atomic E-state index is 12.0. The van der Waals surface area contributed by atoms with Crippen molar-refractivity contribution >= 4 is 27.6 Å². The predicted octanol–water partition coefficient (Wildman–Crippen LogP) is 2.95. The lowest BCUT2D eigenvalue weighted by Crippen LogP contribution is -2.10. The highest BCUT2D eigenvalue weighted by Gasteiger charge is 2.05. The quantitative estimate of drug-likeness (QED) is 0.682. The van der Waals surface area contributed by atoms with Gasteiger partial charge in [0.05, 0.1) is 11.9 Å². The summed E-state index contributed by atoms with van der Waals surface area (Å²) in [6.45, 7) is 0. The molecule has 0 spiro atoms. The van der Waals surface area contributed by atoms with Gasteiger partial charge in [-0.2, -0.15) is 0 Å². The number of benzene rings is 2. The molecule has 0 heterocycles. The maximum absolute atomic E-state index is 12.0. The Morgan fingerprint density at radius 1 is 1.00 bits per heavy atom. The second-order valence-corrected chi connectivity index (χ2v) is 6.27. The fourth-order valence-electron chi connectivity index (χ4n) is 1.80. The standard InChI is InChI=1S/C16H15NO3S/c1-21(19,20)17-15-10-6-5-7-13(15)11-12-16(18)14-8-3-2-4-9-14/h2-12,17H,1H3. The van der Waals surface area contributed by atoms with Crippen LogP contribution < -0.4 is 4.72 Å². The van der Waals surface area contributed by atoms with Crippen LogP contribution in [0.5, 0.6) is 0 Å². The van der Waals surface area contributed by atoms with E-state index in [1.807, 2.05) is 6.07 Å². The number of rotatable bonds is 5. The molecule has 108 valence electrons. The first kappa shape index (κ1) is 15.0. The Balaban J connectivity index is 2.24. The van der Waals surface area contributed by atoms with Crippen molar-refractivity contribution in [2.75, 3.05) is 11.0 Å². The van der Waals surface area contributed by atoms with Crippen LogP contribution in [-0.2, 0) is 10.0 Å². The van der Waals surface area contributed by atoms with Crippen molar-refractivity contribution in [2.45, 2.75) is 0 Å². The van der Waals surface area contributed by atoms with E-state index in [0.29, 0.717) is 16.8 Å². The Labute approximate surface area is 124 Å². The fraction of sp³-hybridized carbons (Fsp3) is 0.0625. The summed E-state index contributed by atoms with van der Waals surface area (Å²) in [6, 6.07) is 15.8. The predicted molar refractivity (Wildman–Crippen MR) is 84.7 cm³/mol. The summed E-state index contributed by atoms with van der Waals surface area (Å²) in [5, 5.41) is 0. The van der Waals surface area contributed by atoms with Crippen molar-refractivity contribution in [3.8, 4) is 0 Å². The highest BCUT2D eigenvalue weighted by atomic mass is 32.2. The Kier molecular flexibility index (Phi) is 4.55. The molecule has 2 rings (SSSR count). The Hall–Kier alpha value is -2.40. The van der Waals surface area contributed by atoms with Gasteiger partial charge in [-0.25, -0.2) is 8.42 Å². The van der Waals surface area contributed by atoms with Crippen LogP contribution >= 0.6 is 0 Å². The molecule has 5 heteroatoms. The monoisotopic (exact) mass is 301 g/mol. The average molecular weight is 301 g/mol. The molecule has 0 unspecified atom stereocenters. The van der Waals surface area contributed by atoms with E-state index in [9.17, 15) is 13.2 Å². The average Bonchev–Trinajstić information content (AvgIpc) is 2.45. The molecule has 0 atom stereocenters. The van der Waals surface area contributed by atoms with Gasteiger partial charge in [0.1, 0.15) is 0 Å². The van der Waals surface area contributed by atoms with Crippen molar-refractivity contribution in [3.05, 3.63) is 71.8 Å². The SMILES string of the molecule is CS(=O)(=O)Nc1ccccc1C=CC(=O)c1ccccc1. The second kappa shape index (κ2) is 6.37. The highest BCUT2D eigenvalue weighted by molar-refractivity contribution is 7.92. The smallest absolute Gasteiger partial charge is 0.229 e. The third-order valence-corrected chi connectivity index (χ3v) is 3.32. The van der Waals surface area contributed by atoms with Gasteiger partial charge in [0, 0.05) is 5.56 Å². The van der Waals surface area contributed by atoms with E-state index in [2.05, 4.69) is 4.72 Å². The number of carbonyl (C=O) groups excluding carboxylic acids is 1. The van der Waals surface area contributed by atoms with Crippen LogP contribution in [0.25, 0.3) is 6.08 Å². The zero-order valence-corrected chi connectivity index (χ0v) is 12.3. The molecule has 4 nitrogen and oxygen atoms in total. The Morgan fingerprint density at radius 3 is 2.29 bits per heavy atom. The number of sulfonamides is 1. The van der Waals surface area contributed by atoms with Gasteiger partial charge in [-0.05, 0) is 23.8 Å². The third kappa shape index (κ3) is 4.57. The number of nitrogens with one attached hydrogen (secondary N) is 1. The summed E-state index contributed by atoms with van der Waals surface area (Å²) in [5.74, 6) is -0.134. The number of carbonyl (C=O) groups is 1. The van der Waals surface area contributed by atoms with Gasteiger partial charge in [0.15, 0.2) is 5.78 Å². The summed E-state index contributed by atoms with van der Waals surface area (Å²) in [5.41, 5.74) is 1.66. The highest BCUT2D eigenvalue weighted by Crippen LogP contribution is 2.18. The maximum Gasteiger partial charge on any atom is 0.229 e. The van der Waals surface area contributed by atoms with Crippen molar-refractivity contribution in [1.29, 1.82) is 0 Å². The summed E-state index contributed by atoms with van der Waals surface area (Å²) < 4.78 is 25.0. The molecule has 1 N–H and O–H groups in total. The number of para-hydroxylation sites is 1. The van der Waals surface area contributed by atoms with E-state index in [0.717, 1.165) is 6.26 Å². The van der Waals surface area contributed by atoms with Crippen molar-refractivity contribution in [1.82, 2.24) is 0 Å². The molecule has 0 aliphatic heterocycles. The van der Waals surface area contributed by atoms with Crippen LogP contribution in [0.3, 0.4) is 0 Å². The summed E-state index contributed by atoms with van der Waals surface area (Å²) >= 11 is 0. The molecular weight excluding hydrogens is 286 g/mol. The summed E-state index contributed by atoms with van der Waals surface area (Å²) in [4.78, 5) is 12.0. The van der Waals surface area contributed by atoms with Crippen molar-refractivity contribution in [2.24, 2.45) is 0 Å². The van der Waals surface area contributed by atoms with Crippen LogP contribution in [0.15, 0.2) is 60.7 Å². The van der Waals surface area contributed by atoms with E-state index in [1.165, 1.54) is 6.08 Å². The molecule has 0 amide bonds. The van der Waals surface area contributed by atoms with E-state index < -0.39 is 10.0 Å². The molecule has 0 saturated heterocycles. The first-order valence-corrected chi connectivity index (χ1v) is 8.19. The van der Waals surface area contributed by atoms with E-state index in [4.69, 9.17) is 0 Å². The zero-order chi connectivity index (χ0) is 15.3. The number of hydrogen-bond donors (Lipinski definition) is 1. The molecule has 21 heavy (non-hydrogen) atoms. The lowest BCUT2D eigenvalue weighted by molar-refractivity contribution is 0.104. The van der Waals surface area contributed by atoms with E-state index in [-0.39, 0.29) is 5.78 Å². The van der Waals surface area contributed by atoms with Gasteiger partial charge in [0.2, 0.25) is 10.0 Å². The largest absolute Gasteiger partial charge is 0.289 e. The molecule has 2 aromatic rings. The van der Waals surface area contributed by atoms with Gasteiger partial charge >= 0.3 is 0 Å². The van der Waals surface area contributed by atoms with Gasteiger partial charge < -0.3 is 0 Å². The zero-order valence-electron chi connectivity index (χ0n) is 11.5. The van der Waals surface area contributed by atoms with Crippen LogP contribution in [0.2, 0.25) is 0 Å². The minimum absolute atomic E-state index is 0.134. The molecule has 0 bridgehead atoms. The number of allylic oxidation sites excluding steroid dienone is 1. The molecule has 0 fully saturated rings. The lowest BCUT2D eigenvalue weighted by atomic mass is 10.1. The Bertz CT molecular complexity index is 765. The van der Waals surface area contributed by atoms with Crippen LogP contribution in [0.4, 0.5) is 5.69 Å². The fourth-order valence-corrected chi connectivity index (χ4v) is 2.38. The van der Waals surface area contributed by atoms with Crippen LogP contribution in [-0.4, -0.2) is 20.5 Å². The second-order valence-electron chi connectivity index (χ2n) is 4.53. The molecule has 0 saturated carbocycles. The van der Waals surface area contributed by atoms with Crippen LogP contribution in [0.1, 0.15) is 15.9 Å². The lowest BCUT2D eigenvalue weighted by Gasteiger charge is -2.07. The number of anilines is 1. The van der Waals surface area contributed by atoms with E-state index >= 15 is 0 Å². The van der Waals surface area contributed by atoms with Crippen LogP contribution in [0, 0.1) is 0 Å². The molecular formula is C16H15NO3S. The van der Waals surface area contributed by atoms with Crippen molar-refractivity contribution in [3.63, 3.8) is 0 Å². The van der Waals surface area contributed by atoms with Gasteiger partial charge in [0.25, 0.3) is 0 Å². The Morgan fingerprint density at radius 2 is 1.62 bits per heavy atom. The first-order valence-electron chi connectivity index (χ1n) is 6.30. The third-order valence-electron chi connectivity index (χ3n) is 2.73. The van der Waals surface area contributed by atoms with Gasteiger partial charge in [-0.1, -0.05) is 48.5 Å². The number of hydrogen-bond acceptors (Lipinski definition) is 3. The molecule has 0 aromatic heterocycles. The summed E-state index contributed by atoms with van der Waals surface area (Å²) in [6.07, 6.45) is 4.11. The molecule has 0 aliphatic carbocycles.